The van der Waals surface area contributed by atoms with Gasteiger partial charge in [-0.1, -0.05) is 12.1 Å². The van der Waals surface area contributed by atoms with Gasteiger partial charge in [-0.25, -0.2) is 0 Å². The fraction of sp³-hybridized carbons (Fsp3) is 0.346. The maximum absolute atomic E-state index is 12.8. The van der Waals surface area contributed by atoms with Gasteiger partial charge in [0, 0.05) is 37.9 Å². The first-order valence-corrected chi connectivity index (χ1v) is 11.5. The summed E-state index contributed by atoms with van der Waals surface area (Å²) in [6.07, 6.45) is -2.18. The maximum atomic E-state index is 12.8. The Morgan fingerprint density at radius 1 is 1.06 bits per heavy atom. The van der Waals surface area contributed by atoms with Crippen LogP contribution < -0.4 is 4.90 Å². The van der Waals surface area contributed by atoms with Crippen molar-refractivity contribution < 1.29 is 18.0 Å². The van der Waals surface area contributed by atoms with E-state index in [1.807, 2.05) is 26.0 Å². The lowest BCUT2D eigenvalue weighted by atomic mass is 10.00. The molecule has 2 aromatic heterocycles. The second-order valence-electron chi connectivity index (χ2n) is 8.88. The number of nitriles is 1. The normalized spacial score (nSPS) is 14.4. The Kier molecular flexibility index (Phi) is 6.93. The van der Waals surface area contributed by atoms with E-state index in [-0.39, 0.29) is 17.5 Å². The first kappa shape index (κ1) is 25.1. The van der Waals surface area contributed by atoms with E-state index in [4.69, 9.17) is 5.26 Å². The number of halogens is 3. The highest BCUT2D eigenvalue weighted by Gasteiger charge is 2.33. The smallest absolute Gasteiger partial charge is 0.355 e. The summed E-state index contributed by atoms with van der Waals surface area (Å²) in [7, 11) is 1.67. The van der Waals surface area contributed by atoms with Crippen LogP contribution in [0.2, 0.25) is 0 Å². The molecule has 4 rings (SSSR count). The Labute approximate surface area is 207 Å². The third-order valence-electron chi connectivity index (χ3n) is 6.72. The van der Waals surface area contributed by atoms with Crippen LogP contribution in [0.1, 0.15) is 45.6 Å². The molecule has 1 amide bonds. The average molecular weight is 495 g/mol. The number of anilines is 1. The second kappa shape index (κ2) is 9.93. The van der Waals surface area contributed by atoms with Crippen LogP contribution in [0.15, 0.2) is 42.6 Å². The number of aromatic nitrogens is 3. The minimum atomic E-state index is -4.54. The summed E-state index contributed by atoms with van der Waals surface area (Å²) in [4.78, 5) is 19.9. The minimum Gasteiger partial charge on any atom is -0.355 e. The number of carbonyl (C=O) groups excluding carboxylic acids is 1. The average Bonchev–Trinajstić information content (AvgIpc) is 2.89. The quantitative estimate of drug-likeness (QED) is 0.519. The van der Waals surface area contributed by atoms with E-state index in [0.717, 1.165) is 40.5 Å². The summed E-state index contributed by atoms with van der Waals surface area (Å²) < 4.78 is 38.3. The van der Waals surface area contributed by atoms with Crippen LogP contribution >= 0.6 is 0 Å². The van der Waals surface area contributed by atoms with Crippen molar-refractivity contribution in [3.8, 4) is 17.3 Å². The molecule has 1 aliphatic heterocycles. The van der Waals surface area contributed by atoms with Crippen LogP contribution in [-0.2, 0) is 6.18 Å². The molecule has 0 bridgehead atoms. The highest BCUT2D eigenvalue weighted by Crippen LogP contribution is 2.30. The van der Waals surface area contributed by atoms with E-state index < -0.39 is 11.9 Å². The van der Waals surface area contributed by atoms with Crippen LogP contribution in [0, 0.1) is 25.2 Å². The Balaban J connectivity index is 1.42. The number of rotatable bonds is 4. The van der Waals surface area contributed by atoms with Gasteiger partial charge >= 0.3 is 6.18 Å². The number of piperidine rings is 1. The molecule has 1 aliphatic rings. The zero-order valence-corrected chi connectivity index (χ0v) is 20.2. The molecule has 0 saturated carbocycles. The van der Waals surface area contributed by atoms with E-state index in [1.54, 1.807) is 24.1 Å². The standard InChI is InChI=1S/C26H25F3N6O/c1-16-17(2)24(33-32-23(16)19-6-4-18(14-30)5-7-19)35-12-10-21(11-13-35)34(3)25(36)20-8-9-22(31-15-20)26(27,28)29/h4-9,15,21H,10-13H2,1-3H3. The summed E-state index contributed by atoms with van der Waals surface area (Å²) in [5, 5.41) is 18.0. The first-order chi connectivity index (χ1) is 17.1. The molecule has 0 N–H and O–H groups in total. The van der Waals surface area contributed by atoms with Gasteiger partial charge in [-0.15, -0.1) is 10.2 Å². The highest BCUT2D eigenvalue weighted by atomic mass is 19.4. The molecule has 1 saturated heterocycles. The van der Waals surface area contributed by atoms with Crippen molar-refractivity contribution in [3.63, 3.8) is 0 Å². The van der Waals surface area contributed by atoms with E-state index in [0.29, 0.717) is 31.5 Å². The van der Waals surface area contributed by atoms with Gasteiger partial charge < -0.3 is 9.80 Å². The Bertz CT molecular complexity index is 1290. The maximum Gasteiger partial charge on any atom is 0.433 e. The Hall–Kier alpha value is -4.00. The summed E-state index contributed by atoms with van der Waals surface area (Å²) >= 11 is 0. The third-order valence-corrected chi connectivity index (χ3v) is 6.72. The number of amides is 1. The van der Waals surface area contributed by atoms with Crippen LogP contribution in [0.4, 0.5) is 19.0 Å². The number of hydrogen-bond donors (Lipinski definition) is 0. The zero-order chi connectivity index (χ0) is 26.0. The molecule has 0 unspecified atom stereocenters. The molecular weight excluding hydrogens is 469 g/mol. The topological polar surface area (TPSA) is 86.0 Å². The van der Waals surface area contributed by atoms with Gasteiger partial charge in [-0.3, -0.25) is 9.78 Å². The van der Waals surface area contributed by atoms with Crippen molar-refractivity contribution in [2.75, 3.05) is 25.0 Å². The lowest BCUT2D eigenvalue weighted by Gasteiger charge is -2.37. The lowest BCUT2D eigenvalue weighted by Crippen LogP contribution is -2.46. The molecule has 0 radical (unpaired) electrons. The van der Waals surface area contributed by atoms with E-state index >= 15 is 0 Å². The predicted octanol–water partition coefficient (Wildman–Crippen LogP) is 4.79. The molecule has 7 nitrogen and oxygen atoms in total. The number of hydrogen-bond acceptors (Lipinski definition) is 6. The monoisotopic (exact) mass is 494 g/mol. The third kappa shape index (κ3) is 5.00. The summed E-state index contributed by atoms with van der Waals surface area (Å²) in [6.45, 7) is 5.33. The van der Waals surface area contributed by atoms with Crippen molar-refractivity contribution in [2.24, 2.45) is 0 Å². The van der Waals surface area contributed by atoms with E-state index in [2.05, 4.69) is 26.2 Å². The summed E-state index contributed by atoms with van der Waals surface area (Å²) in [5.41, 5.74) is 3.38. The van der Waals surface area contributed by atoms with Crippen molar-refractivity contribution >= 4 is 11.7 Å². The molecule has 36 heavy (non-hydrogen) atoms. The number of pyridine rings is 1. The molecule has 10 heteroatoms. The molecule has 0 spiro atoms. The van der Waals surface area contributed by atoms with E-state index in [1.165, 1.54) is 6.07 Å². The molecule has 0 aliphatic carbocycles. The second-order valence-corrected chi connectivity index (χ2v) is 8.88. The van der Waals surface area contributed by atoms with Gasteiger partial charge in [0.25, 0.3) is 5.91 Å². The van der Waals surface area contributed by atoms with Crippen LogP contribution in [0.25, 0.3) is 11.3 Å². The lowest BCUT2D eigenvalue weighted by molar-refractivity contribution is -0.141. The van der Waals surface area contributed by atoms with Crippen molar-refractivity contribution in [3.05, 3.63) is 70.5 Å². The molecule has 3 heterocycles. The number of carbonyl (C=O) groups is 1. The summed E-state index contributed by atoms with van der Waals surface area (Å²) in [6, 6.07) is 11.3. The fourth-order valence-electron chi connectivity index (χ4n) is 4.39. The minimum absolute atomic E-state index is 0.0525. The largest absolute Gasteiger partial charge is 0.433 e. The zero-order valence-electron chi connectivity index (χ0n) is 20.2. The Morgan fingerprint density at radius 2 is 1.72 bits per heavy atom. The number of alkyl halides is 3. The molecule has 1 fully saturated rings. The molecule has 0 atom stereocenters. The van der Waals surface area contributed by atoms with E-state index in [9.17, 15) is 18.0 Å². The van der Waals surface area contributed by atoms with Gasteiger partial charge in [-0.2, -0.15) is 18.4 Å². The molecule has 3 aromatic rings. The predicted molar refractivity (Wildman–Crippen MR) is 128 cm³/mol. The van der Waals surface area contributed by atoms with Crippen molar-refractivity contribution in [2.45, 2.75) is 38.9 Å². The van der Waals surface area contributed by atoms with Crippen LogP contribution in [0.5, 0.6) is 0 Å². The van der Waals surface area contributed by atoms with Crippen LogP contribution in [0.3, 0.4) is 0 Å². The fourth-order valence-corrected chi connectivity index (χ4v) is 4.39. The highest BCUT2D eigenvalue weighted by molar-refractivity contribution is 5.94. The molecule has 186 valence electrons. The van der Waals surface area contributed by atoms with Gasteiger partial charge in [0.05, 0.1) is 22.9 Å². The van der Waals surface area contributed by atoms with Gasteiger partial charge in [0.2, 0.25) is 0 Å². The van der Waals surface area contributed by atoms with Crippen LogP contribution in [-0.4, -0.2) is 52.2 Å². The number of nitrogens with zero attached hydrogens (tertiary/aromatic N) is 6. The molecular formula is C26H25F3N6O. The van der Waals surface area contributed by atoms with Gasteiger partial charge in [-0.05, 0) is 62.1 Å². The molecule has 1 aromatic carbocycles. The Morgan fingerprint density at radius 3 is 2.28 bits per heavy atom. The first-order valence-electron chi connectivity index (χ1n) is 11.5. The van der Waals surface area contributed by atoms with Crippen molar-refractivity contribution in [1.82, 2.24) is 20.1 Å². The van der Waals surface area contributed by atoms with Gasteiger partial charge in [0.1, 0.15) is 5.69 Å². The van der Waals surface area contributed by atoms with Gasteiger partial charge in [0.15, 0.2) is 5.82 Å². The van der Waals surface area contributed by atoms with Crippen molar-refractivity contribution in [1.29, 1.82) is 5.26 Å². The number of benzene rings is 1. The SMILES string of the molecule is Cc1c(-c2ccc(C#N)cc2)nnc(N2CCC(N(C)C(=O)c3ccc(C(F)(F)F)nc3)CC2)c1C. The summed E-state index contributed by atoms with van der Waals surface area (Å²) in [5.74, 6) is 0.442.